The third-order valence-electron chi connectivity index (χ3n) is 3.47. The largest absolute Gasteiger partial charge is 0.360 e. The number of amides is 1. The molecule has 2 fully saturated rings. The Morgan fingerprint density at radius 2 is 2.29 bits per heavy atom. The quantitative estimate of drug-likeness (QED) is 0.798. The molecule has 0 spiro atoms. The highest BCUT2D eigenvalue weighted by atomic mass is 16.5. The summed E-state index contributed by atoms with van der Waals surface area (Å²) < 4.78 is 5.13. The minimum absolute atomic E-state index is 0.0775. The van der Waals surface area contributed by atoms with Gasteiger partial charge in [-0.05, 0) is 31.6 Å². The molecule has 5 heteroatoms. The van der Waals surface area contributed by atoms with Crippen molar-refractivity contribution in [3.05, 3.63) is 17.5 Å². The Morgan fingerprint density at radius 1 is 1.53 bits per heavy atom. The zero-order valence-corrected chi connectivity index (χ0v) is 9.69. The van der Waals surface area contributed by atoms with Crippen molar-refractivity contribution in [1.29, 1.82) is 0 Å². The molecule has 0 aromatic carbocycles. The second kappa shape index (κ2) is 4.14. The lowest BCUT2D eigenvalue weighted by Crippen LogP contribution is -2.38. The molecule has 2 saturated carbocycles. The van der Waals surface area contributed by atoms with E-state index >= 15 is 0 Å². The van der Waals surface area contributed by atoms with Crippen molar-refractivity contribution in [3.63, 3.8) is 0 Å². The van der Waals surface area contributed by atoms with Crippen LogP contribution < -0.4 is 11.1 Å². The number of carbonyl (C=O) groups excluding carboxylic acids is 1. The molecular weight excluding hydrogens is 218 g/mol. The molecule has 1 heterocycles. The summed E-state index contributed by atoms with van der Waals surface area (Å²) in [6.07, 6.45) is 4.66. The van der Waals surface area contributed by atoms with E-state index in [0.717, 1.165) is 18.6 Å². The fourth-order valence-electron chi connectivity index (χ4n) is 1.95. The monoisotopic (exact) mass is 235 g/mol. The lowest BCUT2D eigenvalue weighted by molar-refractivity contribution is 0.0941. The molecule has 92 valence electrons. The van der Waals surface area contributed by atoms with Crippen molar-refractivity contribution in [3.8, 4) is 0 Å². The van der Waals surface area contributed by atoms with E-state index in [2.05, 4.69) is 10.5 Å². The van der Waals surface area contributed by atoms with Crippen LogP contribution in [0.5, 0.6) is 0 Å². The standard InChI is InChI=1S/C12H17N3O2/c13-9(7-1-2-7)6-14-12(16)10-5-11(17-15-10)8-3-4-8/h5,7-9H,1-4,6,13H2,(H,14,16). The highest BCUT2D eigenvalue weighted by Crippen LogP contribution is 2.40. The molecule has 2 aliphatic carbocycles. The summed E-state index contributed by atoms with van der Waals surface area (Å²) >= 11 is 0. The van der Waals surface area contributed by atoms with Gasteiger partial charge in [0.05, 0.1) is 0 Å². The van der Waals surface area contributed by atoms with Gasteiger partial charge < -0.3 is 15.6 Å². The van der Waals surface area contributed by atoms with E-state index in [1.165, 1.54) is 12.8 Å². The van der Waals surface area contributed by atoms with Gasteiger partial charge in [-0.1, -0.05) is 5.16 Å². The first kappa shape index (κ1) is 10.8. The van der Waals surface area contributed by atoms with Gasteiger partial charge in [-0.2, -0.15) is 0 Å². The van der Waals surface area contributed by atoms with Crippen molar-refractivity contribution < 1.29 is 9.32 Å². The maximum absolute atomic E-state index is 11.8. The Bertz CT molecular complexity index is 421. The van der Waals surface area contributed by atoms with Gasteiger partial charge in [0.15, 0.2) is 5.69 Å². The first-order chi connectivity index (χ1) is 8.24. The summed E-state index contributed by atoms with van der Waals surface area (Å²) in [5, 5.41) is 6.59. The first-order valence-corrected chi connectivity index (χ1v) is 6.24. The third kappa shape index (κ3) is 2.49. The van der Waals surface area contributed by atoms with E-state index < -0.39 is 0 Å². The van der Waals surface area contributed by atoms with Crippen LogP contribution in [0.1, 0.15) is 47.8 Å². The van der Waals surface area contributed by atoms with Crippen LogP contribution in [-0.4, -0.2) is 23.7 Å². The Morgan fingerprint density at radius 3 is 2.94 bits per heavy atom. The molecule has 1 aromatic heterocycles. The van der Waals surface area contributed by atoms with Gasteiger partial charge in [-0.25, -0.2) is 0 Å². The molecule has 0 radical (unpaired) electrons. The average molecular weight is 235 g/mol. The number of hydrogen-bond donors (Lipinski definition) is 2. The van der Waals surface area contributed by atoms with E-state index in [1.807, 2.05) is 0 Å². The first-order valence-electron chi connectivity index (χ1n) is 6.24. The molecular formula is C12H17N3O2. The lowest BCUT2D eigenvalue weighted by atomic mass is 10.2. The van der Waals surface area contributed by atoms with Crippen molar-refractivity contribution in [2.45, 2.75) is 37.6 Å². The van der Waals surface area contributed by atoms with Crippen LogP contribution in [0.15, 0.2) is 10.6 Å². The van der Waals surface area contributed by atoms with Crippen LogP contribution in [0.25, 0.3) is 0 Å². The number of nitrogens with two attached hydrogens (primary N) is 1. The smallest absolute Gasteiger partial charge is 0.273 e. The molecule has 0 bridgehead atoms. The van der Waals surface area contributed by atoms with Gasteiger partial charge in [0.2, 0.25) is 0 Å². The van der Waals surface area contributed by atoms with Crippen LogP contribution in [0, 0.1) is 5.92 Å². The number of nitrogens with zero attached hydrogens (tertiary/aromatic N) is 1. The number of carbonyl (C=O) groups is 1. The Balaban J connectivity index is 1.53. The lowest BCUT2D eigenvalue weighted by Gasteiger charge is -2.09. The molecule has 1 amide bonds. The van der Waals surface area contributed by atoms with Crippen LogP contribution in [0.4, 0.5) is 0 Å². The van der Waals surface area contributed by atoms with Crippen LogP contribution in [-0.2, 0) is 0 Å². The van der Waals surface area contributed by atoms with E-state index in [-0.39, 0.29) is 11.9 Å². The van der Waals surface area contributed by atoms with Crippen molar-refractivity contribution in [2.75, 3.05) is 6.54 Å². The summed E-state index contributed by atoms with van der Waals surface area (Å²) in [7, 11) is 0. The normalized spacial score (nSPS) is 21.2. The van der Waals surface area contributed by atoms with Crippen LogP contribution >= 0.6 is 0 Å². The molecule has 0 saturated heterocycles. The fraction of sp³-hybridized carbons (Fsp3) is 0.667. The number of aromatic nitrogens is 1. The maximum atomic E-state index is 11.8. The summed E-state index contributed by atoms with van der Waals surface area (Å²) in [5.41, 5.74) is 6.28. The second-order valence-electron chi connectivity index (χ2n) is 5.10. The molecule has 17 heavy (non-hydrogen) atoms. The summed E-state index contributed by atoms with van der Waals surface area (Å²) in [6.45, 7) is 0.523. The van der Waals surface area contributed by atoms with Gasteiger partial charge in [-0.3, -0.25) is 4.79 Å². The summed E-state index contributed by atoms with van der Waals surface area (Å²) in [6, 6.07) is 1.82. The van der Waals surface area contributed by atoms with Crippen molar-refractivity contribution >= 4 is 5.91 Å². The Hall–Kier alpha value is -1.36. The predicted molar refractivity (Wildman–Crippen MR) is 61.5 cm³/mol. The third-order valence-corrected chi connectivity index (χ3v) is 3.47. The molecule has 1 aromatic rings. The van der Waals surface area contributed by atoms with Crippen molar-refractivity contribution in [1.82, 2.24) is 10.5 Å². The van der Waals surface area contributed by atoms with E-state index in [0.29, 0.717) is 24.1 Å². The van der Waals surface area contributed by atoms with Gasteiger partial charge in [0.1, 0.15) is 5.76 Å². The van der Waals surface area contributed by atoms with E-state index in [1.54, 1.807) is 6.07 Å². The molecule has 0 aliphatic heterocycles. The molecule has 1 atom stereocenters. The SMILES string of the molecule is NC(CNC(=O)c1cc(C2CC2)on1)C1CC1. The number of rotatable bonds is 5. The Labute approximate surface area is 99.7 Å². The Kier molecular flexibility index (Phi) is 2.63. The highest BCUT2D eigenvalue weighted by molar-refractivity contribution is 5.92. The minimum atomic E-state index is -0.184. The average Bonchev–Trinajstić information content (AvgIpc) is 3.23. The molecule has 1 unspecified atom stereocenters. The highest BCUT2D eigenvalue weighted by Gasteiger charge is 2.30. The van der Waals surface area contributed by atoms with Gasteiger partial charge in [0.25, 0.3) is 5.91 Å². The summed E-state index contributed by atoms with van der Waals surface area (Å²) in [5.74, 6) is 1.73. The van der Waals surface area contributed by atoms with Crippen LogP contribution in [0.2, 0.25) is 0 Å². The number of hydrogen-bond acceptors (Lipinski definition) is 4. The van der Waals surface area contributed by atoms with Gasteiger partial charge >= 0.3 is 0 Å². The van der Waals surface area contributed by atoms with E-state index in [4.69, 9.17) is 10.3 Å². The minimum Gasteiger partial charge on any atom is -0.360 e. The summed E-state index contributed by atoms with van der Waals surface area (Å²) in [4.78, 5) is 11.8. The number of nitrogens with one attached hydrogen (secondary N) is 1. The zero-order valence-electron chi connectivity index (χ0n) is 9.69. The topological polar surface area (TPSA) is 81.1 Å². The van der Waals surface area contributed by atoms with E-state index in [9.17, 15) is 4.79 Å². The van der Waals surface area contributed by atoms with Crippen LogP contribution in [0.3, 0.4) is 0 Å². The van der Waals surface area contributed by atoms with Crippen molar-refractivity contribution in [2.24, 2.45) is 11.7 Å². The maximum Gasteiger partial charge on any atom is 0.273 e. The molecule has 2 aliphatic rings. The van der Waals surface area contributed by atoms with Gasteiger partial charge in [-0.15, -0.1) is 0 Å². The molecule has 3 rings (SSSR count). The van der Waals surface area contributed by atoms with Gasteiger partial charge in [0, 0.05) is 24.6 Å². The predicted octanol–water partition coefficient (Wildman–Crippen LogP) is 1.02. The fourth-order valence-corrected chi connectivity index (χ4v) is 1.95. The zero-order chi connectivity index (χ0) is 11.8. The molecule has 3 N–H and O–H groups in total. The molecule has 5 nitrogen and oxygen atoms in total. The second-order valence-corrected chi connectivity index (χ2v) is 5.10.